The van der Waals surface area contributed by atoms with Crippen molar-refractivity contribution in [3.05, 3.63) is 17.5 Å². The minimum absolute atomic E-state index is 0.372. The van der Waals surface area contributed by atoms with Gasteiger partial charge in [0.2, 0.25) is 0 Å². The molecule has 17 heavy (non-hydrogen) atoms. The smallest absolute Gasteiger partial charge is 0.0604 e. The first kappa shape index (κ1) is 12.6. The fourth-order valence-electron chi connectivity index (χ4n) is 2.46. The minimum Gasteiger partial charge on any atom is -0.378 e. The summed E-state index contributed by atoms with van der Waals surface area (Å²) in [6.45, 7) is 7.21. The molecule has 1 heterocycles. The summed E-state index contributed by atoms with van der Waals surface area (Å²) >= 11 is 0. The Morgan fingerprint density at radius 2 is 2.29 bits per heavy atom. The highest BCUT2D eigenvalue weighted by Gasteiger charge is 2.30. The molecule has 0 bridgehead atoms. The van der Waals surface area contributed by atoms with Crippen molar-refractivity contribution >= 4 is 0 Å². The van der Waals surface area contributed by atoms with Gasteiger partial charge in [0.15, 0.2) is 0 Å². The Morgan fingerprint density at radius 3 is 2.82 bits per heavy atom. The van der Waals surface area contributed by atoms with Crippen LogP contribution < -0.4 is 5.32 Å². The predicted molar refractivity (Wildman–Crippen MR) is 67.9 cm³/mol. The Balaban J connectivity index is 1.83. The summed E-state index contributed by atoms with van der Waals surface area (Å²) < 4.78 is 7.49. The van der Waals surface area contributed by atoms with E-state index in [1.165, 1.54) is 11.3 Å². The third-order valence-corrected chi connectivity index (χ3v) is 3.72. The van der Waals surface area contributed by atoms with Gasteiger partial charge in [0.05, 0.1) is 12.3 Å². The molecule has 1 atom stereocenters. The van der Waals surface area contributed by atoms with Crippen molar-refractivity contribution < 1.29 is 4.74 Å². The molecule has 1 aliphatic rings. The minimum atomic E-state index is 0.372. The van der Waals surface area contributed by atoms with Gasteiger partial charge in [-0.05, 0) is 33.6 Å². The number of aryl methyl sites for hydroxylation is 1. The van der Waals surface area contributed by atoms with Crippen LogP contribution in [0.25, 0.3) is 0 Å². The maximum Gasteiger partial charge on any atom is 0.0604 e. The van der Waals surface area contributed by atoms with Gasteiger partial charge in [-0.1, -0.05) is 0 Å². The molecular formula is C13H23N3O. The van der Waals surface area contributed by atoms with E-state index >= 15 is 0 Å². The molecule has 4 heteroatoms. The van der Waals surface area contributed by atoms with E-state index in [1.54, 1.807) is 0 Å². The van der Waals surface area contributed by atoms with Gasteiger partial charge >= 0.3 is 0 Å². The van der Waals surface area contributed by atoms with Gasteiger partial charge in [0, 0.05) is 37.0 Å². The molecule has 0 spiro atoms. The number of rotatable bonds is 5. The van der Waals surface area contributed by atoms with Crippen molar-refractivity contribution in [2.75, 3.05) is 6.61 Å². The Hall–Kier alpha value is -0.870. The third kappa shape index (κ3) is 2.69. The highest BCUT2D eigenvalue weighted by molar-refractivity contribution is 5.20. The summed E-state index contributed by atoms with van der Waals surface area (Å²) in [5.41, 5.74) is 2.54. The first-order chi connectivity index (χ1) is 8.11. The van der Waals surface area contributed by atoms with E-state index in [0.29, 0.717) is 18.2 Å². The second-order valence-corrected chi connectivity index (χ2v) is 4.94. The molecule has 2 rings (SSSR count). The molecule has 0 aromatic carbocycles. The summed E-state index contributed by atoms with van der Waals surface area (Å²) in [5, 5.41) is 7.93. The average molecular weight is 237 g/mol. The van der Waals surface area contributed by atoms with E-state index in [2.05, 4.69) is 31.2 Å². The van der Waals surface area contributed by atoms with Crippen LogP contribution in [0.1, 0.15) is 44.0 Å². The maximum absolute atomic E-state index is 5.57. The van der Waals surface area contributed by atoms with Gasteiger partial charge in [-0.2, -0.15) is 5.10 Å². The van der Waals surface area contributed by atoms with Gasteiger partial charge in [-0.15, -0.1) is 0 Å². The second kappa shape index (κ2) is 5.19. The summed E-state index contributed by atoms with van der Waals surface area (Å²) in [4.78, 5) is 0. The molecule has 1 aromatic heterocycles. The van der Waals surface area contributed by atoms with Crippen molar-refractivity contribution in [1.29, 1.82) is 0 Å². The Morgan fingerprint density at radius 1 is 1.59 bits per heavy atom. The Bertz CT molecular complexity index is 369. The monoisotopic (exact) mass is 237 g/mol. The van der Waals surface area contributed by atoms with Crippen LogP contribution >= 0.6 is 0 Å². The van der Waals surface area contributed by atoms with Crippen molar-refractivity contribution in [2.45, 2.75) is 51.8 Å². The van der Waals surface area contributed by atoms with E-state index < -0.39 is 0 Å². The summed E-state index contributed by atoms with van der Waals surface area (Å²) in [6.07, 6.45) is 4.71. The zero-order valence-corrected chi connectivity index (χ0v) is 11.2. The lowest BCUT2D eigenvalue weighted by atomic mass is 9.88. The quantitative estimate of drug-likeness (QED) is 0.850. The molecule has 4 nitrogen and oxygen atoms in total. The molecule has 1 N–H and O–H groups in total. The number of ether oxygens (including phenoxy) is 1. The molecule has 1 saturated carbocycles. The fraction of sp³-hybridized carbons (Fsp3) is 0.769. The molecule has 1 aliphatic carbocycles. The molecule has 1 fully saturated rings. The van der Waals surface area contributed by atoms with Crippen LogP contribution in [0.5, 0.6) is 0 Å². The molecular weight excluding hydrogens is 214 g/mol. The van der Waals surface area contributed by atoms with Gasteiger partial charge in [-0.3, -0.25) is 4.68 Å². The molecule has 0 saturated heterocycles. The van der Waals surface area contributed by atoms with E-state index in [4.69, 9.17) is 4.74 Å². The van der Waals surface area contributed by atoms with Crippen LogP contribution in [0.15, 0.2) is 6.20 Å². The van der Waals surface area contributed by atoms with Crippen molar-refractivity contribution in [1.82, 2.24) is 15.1 Å². The Labute approximate surface area is 103 Å². The van der Waals surface area contributed by atoms with Gasteiger partial charge < -0.3 is 10.1 Å². The van der Waals surface area contributed by atoms with Crippen LogP contribution in [-0.4, -0.2) is 28.5 Å². The van der Waals surface area contributed by atoms with E-state index in [9.17, 15) is 0 Å². The van der Waals surface area contributed by atoms with Crippen LogP contribution in [0.4, 0.5) is 0 Å². The van der Waals surface area contributed by atoms with Crippen LogP contribution in [0, 0.1) is 6.92 Å². The lowest BCUT2D eigenvalue weighted by Gasteiger charge is -2.37. The summed E-state index contributed by atoms with van der Waals surface area (Å²) in [7, 11) is 1.99. The maximum atomic E-state index is 5.57. The van der Waals surface area contributed by atoms with Crippen LogP contribution in [0.2, 0.25) is 0 Å². The van der Waals surface area contributed by atoms with E-state index in [0.717, 1.165) is 19.4 Å². The summed E-state index contributed by atoms with van der Waals surface area (Å²) in [6, 6.07) is 0.970. The zero-order valence-electron chi connectivity index (χ0n) is 11.2. The van der Waals surface area contributed by atoms with E-state index in [-0.39, 0.29) is 0 Å². The van der Waals surface area contributed by atoms with Crippen LogP contribution in [-0.2, 0) is 11.8 Å². The lowest BCUT2D eigenvalue weighted by Crippen LogP contribution is -2.46. The average Bonchev–Trinajstić information content (AvgIpc) is 2.57. The van der Waals surface area contributed by atoms with Crippen LogP contribution in [0.3, 0.4) is 0 Å². The van der Waals surface area contributed by atoms with E-state index in [1.807, 2.05) is 17.9 Å². The van der Waals surface area contributed by atoms with Gasteiger partial charge in [0.1, 0.15) is 0 Å². The van der Waals surface area contributed by atoms with Gasteiger partial charge in [-0.25, -0.2) is 0 Å². The number of nitrogens with zero attached hydrogens (tertiary/aromatic N) is 2. The largest absolute Gasteiger partial charge is 0.378 e. The molecule has 0 amide bonds. The number of hydrogen-bond acceptors (Lipinski definition) is 3. The first-order valence-corrected chi connectivity index (χ1v) is 6.48. The lowest BCUT2D eigenvalue weighted by molar-refractivity contribution is -0.0120. The predicted octanol–water partition coefficient (Wildman–Crippen LogP) is 1.95. The second-order valence-electron chi connectivity index (χ2n) is 4.94. The highest BCUT2D eigenvalue weighted by atomic mass is 16.5. The molecule has 1 unspecified atom stereocenters. The standard InChI is InChI=1S/C13H23N3O/c1-5-17-12-6-11(7-12)15-9(2)13-8-14-16(4)10(13)3/h8-9,11-12,15H,5-7H2,1-4H3. The number of aromatic nitrogens is 2. The van der Waals surface area contributed by atoms with Crippen molar-refractivity contribution in [2.24, 2.45) is 7.05 Å². The van der Waals surface area contributed by atoms with Gasteiger partial charge in [0.25, 0.3) is 0 Å². The SMILES string of the molecule is CCOC1CC(NC(C)c2cnn(C)c2C)C1. The molecule has 96 valence electrons. The topological polar surface area (TPSA) is 39.1 Å². The first-order valence-electron chi connectivity index (χ1n) is 6.48. The zero-order chi connectivity index (χ0) is 12.4. The normalized spacial score (nSPS) is 25.6. The van der Waals surface area contributed by atoms with Crippen molar-refractivity contribution in [3.8, 4) is 0 Å². The molecule has 0 radical (unpaired) electrons. The Kier molecular flexibility index (Phi) is 3.84. The number of nitrogens with one attached hydrogen (secondary N) is 1. The third-order valence-electron chi connectivity index (χ3n) is 3.72. The molecule has 1 aromatic rings. The number of hydrogen-bond donors (Lipinski definition) is 1. The van der Waals surface area contributed by atoms with Crippen molar-refractivity contribution in [3.63, 3.8) is 0 Å². The summed E-state index contributed by atoms with van der Waals surface area (Å²) in [5.74, 6) is 0. The molecule has 0 aliphatic heterocycles. The highest BCUT2D eigenvalue weighted by Crippen LogP contribution is 2.26. The fourth-order valence-corrected chi connectivity index (χ4v) is 2.46.